The molecule has 0 aromatic heterocycles. The van der Waals surface area contributed by atoms with Crippen LogP contribution < -0.4 is 5.32 Å². The second kappa shape index (κ2) is 9.03. The van der Waals surface area contributed by atoms with E-state index in [-0.39, 0.29) is 51.8 Å². The molecule has 0 saturated heterocycles. The minimum Gasteiger partial charge on any atom is -0.346 e. The molecule has 0 aliphatic heterocycles. The van der Waals surface area contributed by atoms with Gasteiger partial charge in [-0.1, -0.05) is 32.9 Å². The smallest absolute Gasteiger partial charge is 0.346 e. The lowest BCUT2D eigenvalue weighted by atomic mass is 9.32. The number of hydrogen-bond acceptors (Lipinski definition) is 4. The lowest BCUT2D eigenvalue weighted by Crippen LogP contribution is -2.67. The molecule has 218 valence electrons. The number of carbonyl (C=O) groups excluding carboxylic acids is 2. The Kier molecular flexibility index (Phi) is 6.57. The van der Waals surface area contributed by atoms with Gasteiger partial charge in [0, 0.05) is 6.21 Å². The minimum atomic E-state index is -4.46. The van der Waals surface area contributed by atoms with Crippen LogP contribution in [0.15, 0.2) is 24.3 Å². The highest BCUT2D eigenvalue weighted by Crippen LogP contribution is 2.76. The van der Waals surface area contributed by atoms with Crippen LogP contribution in [0.25, 0.3) is 0 Å². The fraction of sp³-hybridized carbons (Fsp3) is 0.750. The summed E-state index contributed by atoms with van der Waals surface area (Å²) in [6, 6.07) is 2.13. The van der Waals surface area contributed by atoms with Gasteiger partial charge in [-0.3, -0.25) is 9.59 Å². The van der Waals surface area contributed by atoms with Crippen molar-refractivity contribution in [2.24, 2.45) is 56.7 Å². The number of nitrogens with zero attached hydrogens (tertiary/aromatic N) is 1. The van der Waals surface area contributed by atoms with E-state index >= 15 is 0 Å². The summed E-state index contributed by atoms with van der Waals surface area (Å²) in [5, 5.41) is 20.4. The molecule has 8 heteroatoms. The third kappa shape index (κ3) is 3.61. The van der Waals surface area contributed by atoms with E-state index < -0.39 is 34.9 Å². The number of alkyl halides is 3. The van der Waals surface area contributed by atoms with Gasteiger partial charge in [0.25, 0.3) is 0 Å². The summed E-state index contributed by atoms with van der Waals surface area (Å²) in [5.74, 6) is -0.462. The summed E-state index contributed by atoms with van der Waals surface area (Å²) in [7, 11) is 0. The van der Waals surface area contributed by atoms with Gasteiger partial charge in [-0.25, -0.2) is 0 Å². The Morgan fingerprint density at radius 1 is 1.10 bits per heavy atom. The number of halogens is 3. The number of ketones is 1. The zero-order valence-electron chi connectivity index (χ0n) is 24.1. The molecule has 4 saturated carbocycles. The number of carbonyl (C=O) groups is 2. The number of Topliss-reactive ketones (excluding diaryl/α,β-unsaturated/α-hetero) is 1. The summed E-state index contributed by atoms with van der Waals surface area (Å²) in [5.41, 5.74) is -2.47. The maximum Gasteiger partial charge on any atom is 0.405 e. The molecule has 0 aromatic rings. The lowest BCUT2D eigenvalue weighted by Gasteiger charge is -2.71. The predicted molar refractivity (Wildman–Crippen MR) is 146 cm³/mol. The topological polar surface area (TPSA) is 93.8 Å². The largest absolute Gasteiger partial charge is 0.405 e. The highest BCUT2D eigenvalue weighted by atomic mass is 19.4. The number of nitriles is 1. The van der Waals surface area contributed by atoms with E-state index in [0.717, 1.165) is 38.5 Å². The van der Waals surface area contributed by atoms with Crippen molar-refractivity contribution >= 4 is 17.9 Å². The molecule has 10 unspecified atom stereocenters. The highest BCUT2D eigenvalue weighted by Gasteiger charge is 2.72. The van der Waals surface area contributed by atoms with Crippen molar-refractivity contribution in [3.8, 4) is 6.07 Å². The number of hydrogen-bond donors (Lipinski definition) is 2. The van der Waals surface area contributed by atoms with Crippen molar-refractivity contribution in [2.45, 2.75) is 85.2 Å². The maximum absolute atomic E-state index is 13.6. The Labute approximate surface area is 235 Å². The predicted octanol–water partition coefficient (Wildman–Crippen LogP) is 6.80. The van der Waals surface area contributed by atoms with Crippen molar-refractivity contribution < 1.29 is 22.8 Å². The van der Waals surface area contributed by atoms with Gasteiger partial charge < -0.3 is 10.7 Å². The first-order chi connectivity index (χ1) is 18.6. The van der Waals surface area contributed by atoms with Gasteiger partial charge in [0.15, 0.2) is 5.78 Å². The van der Waals surface area contributed by atoms with Crippen LogP contribution in [0, 0.1) is 73.4 Å². The molecule has 10 atom stereocenters. The van der Waals surface area contributed by atoms with Crippen molar-refractivity contribution in [1.82, 2.24) is 5.32 Å². The molecule has 0 bridgehead atoms. The molecule has 0 heterocycles. The molecule has 2 N–H and O–H groups in total. The number of rotatable bonds is 4. The third-order valence-electron chi connectivity index (χ3n) is 13.2. The summed E-state index contributed by atoms with van der Waals surface area (Å²) in [6.45, 7) is 11.4. The lowest BCUT2D eigenvalue weighted by molar-refractivity contribution is -0.215. The molecule has 5 aliphatic rings. The highest BCUT2D eigenvalue weighted by molar-refractivity contribution is 6.12. The number of fused-ring (bicyclic) bond motifs is 7. The second-order valence-corrected chi connectivity index (χ2v) is 14.4. The normalized spacial score (nSPS) is 47.9. The van der Waals surface area contributed by atoms with E-state index in [1.807, 2.05) is 19.1 Å². The number of allylic oxidation sites excluding steroid dienone is 3. The molecule has 5 nitrogen and oxygen atoms in total. The third-order valence-corrected chi connectivity index (χ3v) is 13.2. The molecule has 0 aromatic carbocycles. The van der Waals surface area contributed by atoms with Crippen LogP contribution >= 0.6 is 0 Å². The minimum absolute atomic E-state index is 0.0646. The van der Waals surface area contributed by atoms with Crippen LogP contribution in [0.2, 0.25) is 0 Å². The summed E-state index contributed by atoms with van der Waals surface area (Å²) < 4.78 is 39.2. The van der Waals surface area contributed by atoms with Gasteiger partial charge in [0.05, 0.1) is 16.4 Å². The molecular formula is C32H42F3N3O2. The van der Waals surface area contributed by atoms with Crippen molar-refractivity contribution in [3.63, 3.8) is 0 Å². The van der Waals surface area contributed by atoms with Gasteiger partial charge in [-0.05, 0) is 104 Å². The summed E-state index contributed by atoms with van der Waals surface area (Å²) in [6.07, 6.45) is 6.59. The molecule has 5 rings (SSSR count). The average molecular weight is 558 g/mol. The average Bonchev–Trinajstić information content (AvgIpc) is 3.29. The van der Waals surface area contributed by atoms with Crippen LogP contribution in [0.5, 0.6) is 0 Å². The van der Waals surface area contributed by atoms with E-state index in [1.165, 1.54) is 6.21 Å². The first-order valence-electron chi connectivity index (χ1n) is 14.7. The Morgan fingerprint density at radius 3 is 2.40 bits per heavy atom. The summed E-state index contributed by atoms with van der Waals surface area (Å²) >= 11 is 0. The Morgan fingerprint density at radius 2 is 1.80 bits per heavy atom. The second-order valence-electron chi connectivity index (χ2n) is 14.4. The Balaban J connectivity index is 1.56. The monoisotopic (exact) mass is 557 g/mol. The Bertz CT molecular complexity index is 1220. The van der Waals surface area contributed by atoms with Crippen molar-refractivity contribution in [2.75, 3.05) is 6.54 Å². The van der Waals surface area contributed by atoms with Crippen LogP contribution in [0.4, 0.5) is 13.2 Å². The SMILES string of the molecule is C=CC1CCC2(C(=O)NCC(F)(F)F)CCC3(C)C(CCC4C5(C)C=C(C#N)C(=O)C(C)(C=N)C5CCC43C)C12. The molecule has 4 fully saturated rings. The number of nitrogens with one attached hydrogen (secondary N) is 2. The standard InChI is InChI=1S/C32H42F3N3O2/c1-6-19-9-12-31(26(40)38-18-32(33,34)35)14-13-29(4)21(24(19)31)7-8-23-27(2)15-20(16-36)25(39)28(3,17-37)22(27)10-11-30(23,29)5/h6,15,17,19,21-24,37H,1,7-14,18H2,2-5H3,(H,38,40). The van der Waals surface area contributed by atoms with Gasteiger partial charge in [-0.15, -0.1) is 6.58 Å². The van der Waals surface area contributed by atoms with E-state index in [4.69, 9.17) is 5.41 Å². The van der Waals surface area contributed by atoms with Crippen molar-refractivity contribution in [1.29, 1.82) is 10.7 Å². The van der Waals surface area contributed by atoms with E-state index in [9.17, 15) is 28.0 Å². The molecule has 40 heavy (non-hydrogen) atoms. The molecule has 1 amide bonds. The van der Waals surface area contributed by atoms with Crippen molar-refractivity contribution in [3.05, 3.63) is 24.3 Å². The zero-order chi connectivity index (χ0) is 29.5. The van der Waals surface area contributed by atoms with E-state index in [1.54, 1.807) is 0 Å². The van der Waals surface area contributed by atoms with Gasteiger partial charge in [0.1, 0.15) is 12.6 Å². The molecule has 0 spiro atoms. The molecule has 0 radical (unpaired) electrons. The first kappa shape index (κ1) is 29.1. The zero-order valence-corrected chi connectivity index (χ0v) is 24.1. The quantitative estimate of drug-likeness (QED) is 0.294. The number of amides is 1. The fourth-order valence-electron chi connectivity index (χ4n) is 11.2. The molecule has 5 aliphatic carbocycles. The fourth-order valence-corrected chi connectivity index (χ4v) is 11.2. The molecular weight excluding hydrogens is 515 g/mol. The summed E-state index contributed by atoms with van der Waals surface area (Å²) in [4.78, 5) is 26.8. The Hall–Kier alpha value is -2.43. The van der Waals surface area contributed by atoms with Gasteiger partial charge >= 0.3 is 6.18 Å². The van der Waals surface area contributed by atoms with Crippen LogP contribution in [-0.2, 0) is 9.59 Å². The first-order valence-corrected chi connectivity index (χ1v) is 14.7. The van der Waals surface area contributed by atoms with Crippen LogP contribution in [0.3, 0.4) is 0 Å². The van der Waals surface area contributed by atoms with E-state index in [2.05, 4.69) is 38.7 Å². The van der Waals surface area contributed by atoms with Gasteiger partial charge in [0.2, 0.25) is 5.91 Å². The van der Waals surface area contributed by atoms with E-state index in [0.29, 0.717) is 12.8 Å². The maximum atomic E-state index is 13.6. The van der Waals surface area contributed by atoms with Gasteiger partial charge in [-0.2, -0.15) is 18.4 Å². The van der Waals surface area contributed by atoms with Crippen LogP contribution in [0.1, 0.15) is 79.1 Å². The van der Waals surface area contributed by atoms with Crippen LogP contribution in [-0.4, -0.2) is 30.6 Å².